The average molecular weight is 546 g/mol. The molecule has 1 aromatic heterocycles. The summed E-state index contributed by atoms with van der Waals surface area (Å²) in [5.74, 6) is 0.553. The predicted octanol–water partition coefficient (Wildman–Crippen LogP) is 5.92. The smallest absolute Gasteiger partial charge is 0.416 e. The van der Waals surface area contributed by atoms with Crippen molar-refractivity contribution in [3.05, 3.63) is 114 Å². The van der Waals surface area contributed by atoms with Crippen LogP contribution in [0.4, 0.5) is 13.2 Å². The van der Waals surface area contributed by atoms with Gasteiger partial charge < -0.3 is 18.2 Å². The summed E-state index contributed by atoms with van der Waals surface area (Å²) < 4.78 is 79.8. The van der Waals surface area contributed by atoms with Crippen molar-refractivity contribution in [1.29, 1.82) is 0 Å². The van der Waals surface area contributed by atoms with Gasteiger partial charge in [0.05, 0.1) is 31.0 Å². The van der Waals surface area contributed by atoms with Gasteiger partial charge in [0.25, 0.3) is 5.91 Å². The molecule has 0 atom stereocenters. The molecule has 0 N–H and O–H groups in total. The summed E-state index contributed by atoms with van der Waals surface area (Å²) in [6.45, 7) is 0.296. The van der Waals surface area contributed by atoms with E-state index in [1.165, 1.54) is 30.4 Å². The van der Waals surface area contributed by atoms with E-state index in [1.54, 1.807) is 48.5 Å². The number of para-hydroxylation sites is 1. The van der Waals surface area contributed by atoms with Gasteiger partial charge in [-0.3, -0.25) is 4.79 Å². The van der Waals surface area contributed by atoms with Crippen molar-refractivity contribution >= 4 is 16.0 Å². The molecule has 7 nitrogen and oxygen atoms in total. The number of carbonyl (C=O) groups excluding carboxylic acids is 1. The second kappa shape index (κ2) is 11.0. The van der Waals surface area contributed by atoms with Gasteiger partial charge in [-0.15, -0.1) is 0 Å². The van der Waals surface area contributed by atoms with E-state index in [0.29, 0.717) is 28.7 Å². The Hall–Kier alpha value is -4.25. The van der Waals surface area contributed by atoms with Crippen LogP contribution in [0.2, 0.25) is 0 Å². The van der Waals surface area contributed by atoms with Crippen molar-refractivity contribution in [2.24, 2.45) is 0 Å². The monoisotopic (exact) mass is 545 g/mol. The fourth-order valence-corrected chi connectivity index (χ4v) is 4.63. The molecule has 0 saturated heterocycles. The van der Waals surface area contributed by atoms with Crippen molar-refractivity contribution in [1.82, 2.24) is 4.90 Å². The molecule has 0 spiro atoms. The molecular formula is C27H22F3NO6S. The van der Waals surface area contributed by atoms with Crippen LogP contribution < -0.4 is 8.92 Å². The Balaban J connectivity index is 1.53. The Kier molecular flexibility index (Phi) is 7.77. The van der Waals surface area contributed by atoms with Gasteiger partial charge in [0.2, 0.25) is 0 Å². The molecule has 11 heteroatoms. The first-order valence-electron chi connectivity index (χ1n) is 11.2. The van der Waals surface area contributed by atoms with E-state index in [9.17, 15) is 26.4 Å². The van der Waals surface area contributed by atoms with Crippen LogP contribution in [0.15, 0.2) is 101 Å². The molecule has 1 amide bonds. The van der Waals surface area contributed by atoms with Crippen LogP contribution in [-0.2, 0) is 29.4 Å². The first kappa shape index (κ1) is 26.8. The number of carbonyl (C=O) groups is 1. The SMILES string of the molecule is COc1ccccc1C(=O)N(Cc1ccc(OS(=O)(=O)c2cccc(C(F)(F)F)c2)cc1)Cc1ccco1. The highest BCUT2D eigenvalue weighted by Gasteiger charge is 2.32. The fraction of sp³-hybridized carbons (Fsp3) is 0.148. The lowest BCUT2D eigenvalue weighted by molar-refractivity contribution is -0.137. The van der Waals surface area contributed by atoms with Gasteiger partial charge in [-0.2, -0.15) is 21.6 Å². The van der Waals surface area contributed by atoms with Crippen molar-refractivity contribution < 1.29 is 39.7 Å². The molecule has 0 saturated carbocycles. The third kappa shape index (κ3) is 6.35. The summed E-state index contributed by atoms with van der Waals surface area (Å²) in [4.78, 5) is 14.3. The molecule has 0 fully saturated rings. The number of amides is 1. The van der Waals surface area contributed by atoms with Crippen LogP contribution in [0.3, 0.4) is 0 Å². The summed E-state index contributed by atoms with van der Waals surface area (Å²) in [7, 11) is -3.05. The Labute approximate surface area is 217 Å². The Morgan fingerprint density at radius 3 is 2.32 bits per heavy atom. The van der Waals surface area contributed by atoms with E-state index < -0.39 is 26.8 Å². The number of nitrogens with zero attached hydrogens (tertiary/aromatic N) is 1. The van der Waals surface area contributed by atoms with E-state index in [2.05, 4.69) is 0 Å². The van der Waals surface area contributed by atoms with E-state index >= 15 is 0 Å². The predicted molar refractivity (Wildman–Crippen MR) is 131 cm³/mol. The molecule has 38 heavy (non-hydrogen) atoms. The maximum absolute atomic E-state index is 13.4. The van der Waals surface area contributed by atoms with Crippen LogP contribution in [0.25, 0.3) is 0 Å². The lowest BCUT2D eigenvalue weighted by Gasteiger charge is -2.23. The second-order valence-corrected chi connectivity index (χ2v) is 9.69. The molecule has 0 aliphatic heterocycles. The quantitative estimate of drug-likeness (QED) is 0.243. The molecule has 1 heterocycles. The molecule has 3 aromatic carbocycles. The fourth-order valence-electron chi connectivity index (χ4n) is 3.66. The van der Waals surface area contributed by atoms with Crippen molar-refractivity contribution in [3.8, 4) is 11.5 Å². The number of hydrogen-bond donors (Lipinski definition) is 0. The lowest BCUT2D eigenvalue weighted by Crippen LogP contribution is -2.30. The summed E-state index contributed by atoms with van der Waals surface area (Å²) in [6.07, 6.45) is -3.20. The number of hydrogen-bond acceptors (Lipinski definition) is 6. The maximum atomic E-state index is 13.4. The largest absolute Gasteiger partial charge is 0.496 e. The summed E-state index contributed by atoms with van der Waals surface area (Å²) >= 11 is 0. The number of methoxy groups -OCH3 is 1. The number of furan rings is 1. The van der Waals surface area contributed by atoms with Gasteiger partial charge in [-0.05, 0) is 60.2 Å². The molecule has 4 aromatic rings. The van der Waals surface area contributed by atoms with Crippen LogP contribution in [0, 0.1) is 0 Å². The van der Waals surface area contributed by atoms with E-state index in [4.69, 9.17) is 13.3 Å². The molecule has 198 valence electrons. The number of halogens is 3. The van der Waals surface area contributed by atoms with Gasteiger partial charge in [-0.25, -0.2) is 0 Å². The Bertz CT molecular complexity index is 1500. The normalized spacial score (nSPS) is 11.7. The summed E-state index contributed by atoms with van der Waals surface area (Å²) in [5, 5.41) is 0. The van der Waals surface area contributed by atoms with Crippen molar-refractivity contribution in [3.63, 3.8) is 0 Å². The third-order valence-corrected chi connectivity index (χ3v) is 6.75. The zero-order valence-electron chi connectivity index (χ0n) is 20.0. The topological polar surface area (TPSA) is 86.0 Å². The van der Waals surface area contributed by atoms with Crippen LogP contribution >= 0.6 is 0 Å². The minimum absolute atomic E-state index is 0.0974. The first-order chi connectivity index (χ1) is 18.1. The van der Waals surface area contributed by atoms with E-state index in [0.717, 1.165) is 18.2 Å². The van der Waals surface area contributed by atoms with Crippen LogP contribution in [-0.4, -0.2) is 26.3 Å². The molecular weight excluding hydrogens is 523 g/mol. The van der Waals surface area contributed by atoms with E-state index in [-0.39, 0.29) is 24.7 Å². The van der Waals surface area contributed by atoms with Crippen LogP contribution in [0.1, 0.15) is 27.2 Å². The Morgan fingerprint density at radius 2 is 1.66 bits per heavy atom. The standard InChI is InChI=1S/C27H22F3NO6S/c1-35-25-10-3-2-9-24(25)26(32)31(18-22-7-5-15-36-22)17-19-11-13-21(14-12-19)37-38(33,34)23-8-4-6-20(16-23)27(28,29)30/h2-16H,17-18H2,1H3. The van der Waals surface area contributed by atoms with Crippen molar-refractivity contribution in [2.75, 3.05) is 7.11 Å². The van der Waals surface area contributed by atoms with Crippen molar-refractivity contribution in [2.45, 2.75) is 24.2 Å². The highest BCUT2D eigenvalue weighted by Crippen LogP contribution is 2.31. The summed E-state index contributed by atoms with van der Waals surface area (Å²) in [6, 6.07) is 19.4. The molecule has 4 rings (SSSR count). The van der Waals surface area contributed by atoms with Gasteiger partial charge in [0.1, 0.15) is 22.2 Å². The molecule has 0 bridgehead atoms. The van der Waals surface area contributed by atoms with Crippen LogP contribution in [0.5, 0.6) is 11.5 Å². The molecule has 0 radical (unpaired) electrons. The van der Waals surface area contributed by atoms with Gasteiger partial charge >= 0.3 is 16.3 Å². The van der Waals surface area contributed by atoms with Gasteiger partial charge in [-0.1, -0.05) is 30.3 Å². The molecule has 0 aliphatic carbocycles. The summed E-state index contributed by atoms with van der Waals surface area (Å²) in [5.41, 5.74) is -0.105. The Morgan fingerprint density at radius 1 is 0.921 bits per heavy atom. The zero-order valence-corrected chi connectivity index (χ0v) is 20.8. The number of benzene rings is 3. The molecule has 0 unspecified atom stereocenters. The van der Waals surface area contributed by atoms with Gasteiger partial charge in [0, 0.05) is 6.54 Å². The minimum atomic E-state index is -4.70. The highest BCUT2D eigenvalue weighted by atomic mass is 32.2. The number of rotatable bonds is 9. The van der Waals surface area contributed by atoms with Gasteiger partial charge in [0.15, 0.2) is 0 Å². The maximum Gasteiger partial charge on any atom is 0.416 e. The minimum Gasteiger partial charge on any atom is -0.496 e. The highest BCUT2D eigenvalue weighted by molar-refractivity contribution is 7.87. The number of ether oxygens (including phenoxy) is 1. The second-order valence-electron chi connectivity index (χ2n) is 8.15. The third-order valence-electron chi connectivity index (χ3n) is 5.50. The number of alkyl halides is 3. The lowest BCUT2D eigenvalue weighted by atomic mass is 10.1. The average Bonchev–Trinajstić information content (AvgIpc) is 3.41. The first-order valence-corrected chi connectivity index (χ1v) is 12.6. The zero-order chi connectivity index (χ0) is 27.3. The molecule has 0 aliphatic rings. The van der Waals surface area contributed by atoms with E-state index in [1.807, 2.05) is 0 Å².